The van der Waals surface area contributed by atoms with Gasteiger partial charge in [-0.15, -0.1) is 0 Å². The summed E-state index contributed by atoms with van der Waals surface area (Å²) < 4.78 is 5.34. The molecule has 6 heteroatoms. The van der Waals surface area contributed by atoms with Gasteiger partial charge in [0.15, 0.2) is 5.96 Å². The number of nitrogens with zero attached hydrogens (tertiary/aromatic N) is 2. The summed E-state index contributed by atoms with van der Waals surface area (Å²) in [5.74, 6) is 1.82. The molecule has 130 valence electrons. The van der Waals surface area contributed by atoms with Gasteiger partial charge in [0.05, 0.1) is 6.26 Å². The van der Waals surface area contributed by atoms with Crippen molar-refractivity contribution in [1.82, 2.24) is 15.6 Å². The topological polar surface area (TPSA) is 62.5 Å². The molecule has 2 aromatic rings. The number of hydrogen-bond donors (Lipinski definition) is 2. The molecular weight excluding hydrogens is 324 g/mol. The Balaban J connectivity index is 1.76. The zero-order chi connectivity index (χ0) is 17.0. The number of pyridine rings is 1. The van der Waals surface area contributed by atoms with Gasteiger partial charge in [0.2, 0.25) is 0 Å². The first-order valence-corrected chi connectivity index (χ1v) is 8.80. The predicted molar refractivity (Wildman–Crippen MR) is 98.6 cm³/mol. The van der Waals surface area contributed by atoms with E-state index in [-0.39, 0.29) is 0 Å². The highest BCUT2D eigenvalue weighted by atomic mass is 35.5. The maximum absolute atomic E-state index is 5.80. The normalized spacial score (nSPS) is 11.5. The second kappa shape index (κ2) is 10.7. The monoisotopic (exact) mass is 348 g/mol. The van der Waals surface area contributed by atoms with Crippen LogP contribution in [0.3, 0.4) is 0 Å². The molecule has 24 heavy (non-hydrogen) atoms. The van der Waals surface area contributed by atoms with Gasteiger partial charge < -0.3 is 15.1 Å². The van der Waals surface area contributed by atoms with E-state index in [1.54, 1.807) is 6.26 Å². The smallest absolute Gasteiger partial charge is 0.191 e. The largest absolute Gasteiger partial charge is 0.469 e. The molecule has 0 unspecified atom stereocenters. The summed E-state index contributed by atoms with van der Waals surface area (Å²) in [5, 5.41) is 7.25. The van der Waals surface area contributed by atoms with Crippen LogP contribution in [-0.2, 0) is 12.8 Å². The Morgan fingerprint density at radius 3 is 2.71 bits per heavy atom. The molecule has 0 bridgehead atoms. The number of guanidine groups is 1. The number of unbranched alkanes of at least 4 members (excludes halogenated alkanes) is 1. The zero-order valence-electron chi connectivity index (χ0n) is 14.1. The van der Waals surface area contributed by atoms with E-state index in [4.69, 9.17) is 16.0 Å². The van der Waals surface area contributed by atoms with Gasteiger partial charge in [-0.2, -0.15) is 0 Å². The lowest BCUT2D eigenvalue weighted by Gasteiger charge is -2.12. The summed E-state index contributed by atoms with van der Waals surface area (Å²) in [4.78, 5) is 8.70. The Hall–Kier alpha value is -2.01. The molecule has 0 radical (unpaired) electrons. The first-order valence-electron chi connectivity index (χ1n) is 8.43. The molecule has 2 heterocycles. The van der Waals surface area contributed by atoms with Crippen LogP contribution in [-0.4, -0.2) is 30.6 Å². The SMILES string of the molecule is CCCCN=C(NCCc1ccc(Cl)nc1)NCCc1ccco1. The van der Waals surface area contributed by atoms with E-state index in [0.29, 0.717) is 5.15 Å². The second-order valence-electron chi connectivity index (χ2n) is 5.51. The molecule has 0 fully saturated rings. The molecular formula is C18H25ClN4O. The zero-order valence-corrected chi connectivity index (χ0v) is 14.9. The van der Waals surface area contributed by atoms with E-state index in [1.165, 1.54) is 0 Å². The van der Waals surface area contributed by atoms with Crippen LogP contribution in [0.1, 0.15) is 31.1 Å². The van der Waals surface area contributed by atoms with Crippen LogP contribution in [0.15, 0.2) is 46.1 Å². The molecule has 0 aromatic carbocycles. The van der Waals surface area contributed by atoms with E-state index in [9.17, 15) is 0 Å². The molecule has 0 saturated heterocycles. The molecule has 0 aliphatic carbocycles. The second-order valence-corrected chi connectivity index (χ2v) is 5.89. The Labute approximate surface area is 148 Å². The average Bonchev–Trinajstić information content (AvgIpc) is 3.10. The Bertz CT molecular complexity index is 596. The lowest BCUT2D eigenvalue weighted by Crippen LogP contribution is -2.39. The van der Waals surface area contributed by atoms with Crippen LogP contribution >= 0.6 is 11.6 Å². The van der Waals surface area contributed by atoms with Crippen molar-refractivity contribution >= 4 is 17.6 Å². The van der Waals surface area contributed by atoms with Gasteiger partial charge in [0.25, 0.3) is 0 Å². The predicted octanol–water partition coefficient (Wildman–Crippen LogP) is 3.45. The lowest BCUT2D eigenvalue weighted by molar-refractivity contribution is 0.506. The van der Waals surface area contributed by atoms with Crippen molar-refractivity contribution in [3.05, 3.63) is 53.2 Å². The van der Waals surface area contributed by atoms with Crippen LogP contribution in [0, 0.1) is 0 Å². The minimum atomic E-state index is 0.521. The molecule has 2 N–H and O–H groups in total. The molecule has 0 saturated carbocycles. The fourth-order valence-electron chi connectivity index (χ4n) is 2.16. The standard InChI is InChI=1S/C18H25ClN4O/c1-2-3-10-20-18(22-12-9-16-5-4-13-24-16)21-11-8-15-6-7-17(19)23-14-15/h4-7,13-14H,2-3,8-12H2,1H3,(H2,20,21,22). The Morgan fingerprint density at radius 2 is 2.04 bits per heavy atom. The maximum Gasteiger partial charge on any atom is 0.191 e. The summed E-state index contributed by atoms with van der Waals surface area (Å²) in [6.07, 6.45) is 7.44. The molecule has 0 amide bonds. The first-order chi connectivity index (χ1) is 11.8. The van der Waals surface area contributed by atoms with Gasteiger partial charge in [-0.3, -0.25) is 4.99 Å². The van der Waals surface area contributed by atoms with Gasteiger partial charge in [-0.25, -0.2) is 4.98 Å². The number of aliphatic imine (C=N–C) groups is 1. The summed E-state index contributed by atoms with van der Waals surface area (Å²) >= 11 is 5.80. The van der Waals surface area contributed by atoms with E-state index in [0.717, 1.165) is 62.6 Å². The minimum absolute atomic E-state index is 0.521. The van der Waals surface area contributed by atoms with Gasteiger partial charge in [-0.1, -0.05) is 31.0 Å². The summed E-state index contributed by atoms with van der Waals surface area (Å²) in [6, 6.07) is 7.70. The number of hydrogen-bond acceptors (Lipinski definition) is 3. The van der Waals surface area contributed by atoms with Crippen LogP contribution < -0.4 is 10.6 Å². The summed E-state index contributed by atoms with van der Waals surface area (Å²) in [5.41, 5.74) is 1.15. The molecule has 0 aliphatic heterocycles. The molecule has 0 spiro atoms. The quantitative estimate of drug-likeness (QED) is 0.315. The van der Waals surface area contributed by atoms with Crippen molar-refractivity contribution in [1.29, 1.82) is 0 Å². The average molecular weight is 349 g/mol. The summed E-state index contributed by atoms with van der Waals surface area (Å²) in [7, 11) is 0. The van der Waals surface area contributed by atoms with E-state index >= 15 is 0 Å². The molecule has 2 aromatic heterocycles. The summed E-state index contributed by atoms with van der Waals surface area (Å²) in [6.45, 7) is 4.57. The third kappa shape index (κ3) is 7.04. The van der Waals surface area contributed by atoms with Crippen molar-refractivity contribution < 1.29 is 4.42 Å². The van der Waals surface area contributed by atoms with E-state index < -0.39 is 0 Å². The molecule has 0 atom stereocenters. The third-order valence-electron chi connectivity index (χ3n) is 3.52. The molecule has 0 aliphatic rings. The fraction of sp³-hybridized carbons (Fsp3) is 0.444. The van der Waals surface area contributed by atoms with Crippen molar-refractivity contribution in [2.45, 2.75) is 32.6 Å². The van der Waals surface area contributed by atoms with E-state index in [2.05, 4.69) is 27.5 Å². The molecule has 2 rings (SSSR count). The van der Waals surface area contributed by atoms with Gasteiger partial charge in [-0.05, 0) is 36.6 Å². The Morgan fingerprint density at radius 1 is 1.21 bits per heavy atom. The van der Waals surface area contributed by atoms with Crippen molar-refractivity contribution in [3.63, 3.8) is 0 Å². The highest BCUT2D eigenvalue weighted by molar-refractivity contribution is 6.29. The van der Waals surface area contributed by atoms with Crippen LogP contribution in [0.4, 0.5) is 0 Å². The van der Waals surface area contributed by atoms with Crippen molar-refractivity contribution in [3.8, 4) is 0 Å². The number of nitrogens with one attached hydrogen (secondary N) is 2. The lowest BCUT2D eigenvalue weighted by atomic mass is 10.2. The van der Waals surface area contributed by atoms with Crippen LogP contribution in [0.25, 0.3) is 0 Å². The van der Waals surface area contributed by atoms with Crippen molar-refractivity contribution in [2.24, 2.45) is 4.99 Å². The fourth-order valence-corrected chi connectivity index (χ4v) is 2.27. The van der Waals surface area contributed by atoms with Crippen LogP contribution in [0.2, 0.25) is 5.15 Å². The Kier molecular flexibility index (Phi) is 8.18. The van der Waals surface area contributed by atoms with Gasteiger partial charge in [0.1, 0.15) is 10.9 Å². The van der Waals surface area contributed by atoms with Crippen molar-refractivity contribution in [2.75, 3.05) is 19.6 Å². The number of aromatic nitrogens is 1. The highest BCUT2D eigenvalue weighted by Gasteiger charge is 2.01. The first kappa shape index (κ1) is 18.3. The number of halogens is 1. The van der Waals surface area contributed by atoms with E-state index in [1.807, 2.05) is 30.5 Å². The van der Waals surface area contributed by atoms with Gasteiger partial charge in [0, 0.05) is 32.3 Å². The number of rotatable bonds is 9. The number of furan rings is 1. The minimum Gasteiger partial charge on any atom is -0.469 e. The third-order valence-corrected chi connectivity index (χ3v) is 3.74. The van der Waals surface area contributed by atoms with Crippen LogP contribution in [0.5, 0.6) is 0 Å². The highest BCUT2D eigenvalue weighted by Crippen LogP contribution is 2.05. The maximum atomic E-state index is 5.80. The van der Waals surface area contributed by atoms with Gasteiger partial charge >= 0.3 is 0 Å². The molecule has 5 nitrogen and oxygen atoms in total.